The molecule has 0 atom stereocenters. The summed E-state index contributed by atoms with van der Waals surface area (Å²) in [6.45, 7) is 0.222. The summed E-state index contributed by atoms with van der Waals surface area (Å²) in [4.78, 5) is 11.7. The number of rotatable bonds is 5. The second-order valence-corrected chi connectivity index (χ2v) is 3.36. The Morgan fingerprint density at radius 3 is 2.94 bits per heavy atom. The third kappa shape index (κ3) is 3.68. The number of anilines is 1. The Balaban J connectivity index is 2.65. The lowest BCUT2D eigenvalue weighted by atomic mass is 10.2. The van der Waals surface area contributed by atoms with Crippen LogP contribution in [0.2, 0.25) is 0 Å². The maximum absolute atomic E-state index is 11.7. The van der Waals surface area contributed by atoms with Gasteiger partial charge in [-0.2, -0.15) is 5.26 Å². The Bertz CT molecular complexity index is 438. The van der Waals surface area contributed by atoms with E-state index in [-0.39, 0.29) is 6.61 Å². The summed E-state index contributed by atoms with van der Waals surface area (Å²) in [5, 5.41) is 8.34. The predicted octanol–water partition coefficient (Wildman–Crippen LogP) is 1.74. The molecule has 0 saturated carbocycles. The van der Waals surface area contributed by atoms with Crippen molar-refractivity contribution in [2.24, 2.45) is 0 Å². The number of hydrogen-bond acceptors (Lipinski definition) is 5. The van der Waals surface area contributed by atoms with Gasteiger partial charge in [0.1, 0.15) is 11.3 Å². The van der Waals surface area contributed by atoms with Gasteiger partial charge in [0, 0.05) is 18.2 Å². The molecule has 2 N–H and O–H groups in total. The van der Waals surface area contributed by atoms with Gasteiger partial charge in [0.25, 0.3) is 0 Å². The highest BCUT2D eigenvalue weighted by molar-refractivity contribution is 5.93. The number of methoxy groups -OCH3 is 1. The maximum Gasteiger partial charge on any atom is 0.341 e. The van der Waals surface area contributed by atoms with Crippen molar-refractivity contribution in [2.75, 3.05) is 19.5 Å². The number of unbranched alkanes of at least 4 members (excludes halogenated alkanes) is 1. The molecule has 90 valence electrons. The van der Waals surface area contributed by atoms with Gasteiger partial charge in [0.2, 0.25) is 0 Å². The average Bonchev–Trinajstić information content (AvgIpc) is 2.34. The van der Waals surface area contributed by atoms with Crippen LogP contribution in [0.3, 0.4) is 0 Å². The van der Waals surface area contributed by atoms with Crippen LogP contribution in [-0.4, -0.2) is 19.7 Å². The topological polar surface area (TPSA) is 85.3 Å². The molecule has 0 aliphatic rings. The molecule has 1 aromatic rings. The van der Waals surface area contributed by atoms with Crippen LogP contribution < -0.4 is 10.5 Å². The van der Waals surface area contributed by atoms with Gasteiger partial charge in [-0.1, -0.05) is 0 Å². The molecule has 0 radical (unpaired) electrons. The van der Waals surface area contributed by atoms with Crippen LogP contribution in [-0.2, 0) is 4.74 Å². The number of hydrogen-bond donors (Lipinski definition) is 1. The fourth-order valence-corrected chi connectivity index (χ4v) is 1.27. The zero-order valence-corrected chi connectivity index (χ0v) is 9.60. The first-order valence-electron chi connectivity index (χ1n) is 5.16. The molecule has 0 heterocycles. The zero-order valence-electron chi connectivity index (χ0n) is 9.60. The Hall–Kier alpha value is -2.22. The van der Waals surface area contributed by atoms with Gasteiger partial charge in [-0.05, 0) is 18.6 Å². The molecule has 1 rings (SSSR count). The van der Waals surface area contributed by atoms with Crippen molar-refractivity contribution in [3.63, 3.8) is 0 Å². The van der Waals surface area contributed by atoms with Gasteiger partial charge < -0.3 is 15.2 Å². The first kappa shape index (κ1) is 12.8. The molecular weight excluding hydrogens is 220 g/mol. The minimum absolute atomic E-state index is 0.222. The van der Waals surface area contributed by atoms with E-state index in [1.54, 1.807) is 18.2 Å². The zero-order chi connectivity index (χ0) is 12.7. The minimum atomic E-state index is -0.472. The summed E-state index contributed by atoms with van der Waals surface area (Å²) < 4.78 is 10.0. The van der Waals surface area contributed by atoms with Crippen LogP contribution in [0, 0.1) is 11.3 Å². The smallest absolute Gasteiger partial charge is 0.341 e. The summed E-state index contributed by atoms with van der Waals surface area (Å²) in [7, 11) is 1.46. The third-order valence-corrected chi connectivity index (χ3v) is 2.11. The number of nitriles is 1. The number of esters is 1. The molecule has 0 aliphatic heterocycles. The van der Waals surface area contributed by atoms with Gasteiger partial charge in [0.05, 0.1) is 19.8 Å². The average molecular weight is 234 g/mol. The fourth-order valence-electron chi connectivity index (χ4n) is 1.27. The number of ether oxygens (including phenoxy) is 2. The molecule has 17 heavy (non-hydrogen) atoms. The Kier molecular flexibility index (Phi) is 4.82. The predicted molar refractivity (Wildman–Crippen MR) is 62.5 cm³/mol. The van der Waals surface area contributed by atoms with Crippen LogP contribution >= 0.6 is 0 Å². The highest BCUT2D eigenvalue weighted by atomic mass is 16.5. The van der Waals surface area contributed by atoms with E-state index in [0.29, 0.717) is 29.8 Å². The lowest BCUT2D eigenvalue weighted by Crippen LogP contribution is -2.08. The van der Waals surface area contributed by atoms with Crippen molar-refractivity contribution >= 4 is 11.7 Å². The van der Waals surface area contributed by atoms with Gasteiger partial charge in [-0.25, -0.2) is 4.79 Å². The molecule has 0 amide bonds. The van der Waals surface area contributed by atoms with Crippen molar-refractivity contribution in [1.29, 1.82) is 5.26 Å². The monoisotopic (exact) mass is 234 g/mol. The molecule has 0 saturated heterocycles. The summed E-state index contributed by atoms with van der Waals surface area (Å²) in [6.07, 6.45) is 0.895. The van der Waals surface area contributed by atoms with Crippen molar-refractivity contribution in [2.45, 2.75) is 12.8 Å². The number of nitrogens with zero attached hydrogens (tertiary/aromatic N) is 1. The number of benzene rings is 1. The van der Waals surface area contributed by atoms with Crippen LogP contribution in [0.1, 0.15) is 23.2 Å². The number of carbonyl (C=O) groups is 1. The molecule has 0 aliphatic carbocycles. The second kappa shape index (κ2) is 6.38. The SMILES string of the molecule is COc1cc(N)ccc1C(=O)OCCCC#N. The van der Waals surface area contributed by atoms with Gasteiger partial charge in [-0.15, -0.1) is 0 Å². The Morgan fingerprint density at radius 1 is 1.53 bits per heavy atom. The van der Waals surface area contributed by atoms with E-state index in [9.17, 15) is 4.79 Å². The molecule has 0 bridgehead atoms. The van der Waals surface area contributed by atoms with Crippen molar-refractivity contribution < 1.29 is 14.3 Å². The standard InChI is InChI=1S/C12H14N2O3/c1-16-11-8-9(14)4-5-10(11)12(15)17-7-3-2-6-13/h4-5,8H,2-3,7,14H2,1H3. The molecule has 0 aromatic heterocycles. The minimum Gasteiger partial charge on any atom is -0.496 e. The van der Waals surface area contributed by atoms with Crippen LogP contribution in [0.5, 0.6) is 5.75 Å². The van der Waals surface area contributed by atoms with Crippen molar-refractivity contribution in [3.05, 3.63) is 23.8 Å². The fraction of sp³-hybridized carbons (Fsp3) is 0.333. The lowest BCUT2D eigenvalue weighted by Gasteiger charge is -2.08. The van der Waals surface area contributed by atoms with Crippen LogP contribution in [0.25, 0.3) is 0 Å². The maximum atomic E-state index is 11.7. The van der Waals surface area contributed by atoms with E-state index in [1.807, 2.05) is 6.07 Å². The largest absolute Gasteiger partial charge is 0.496 e. The summed E-state index contributed by atoms with van der Waals surface area (Å²) in [6, 6.07) is 6.70. The summed E-state index contributed by atoms with van der Waals surface area (Å²) >= 11 is 0. The van der Waals surface area contributed by atoms with Gasteiger partial charge in [0.15, 0.2) is 0 Å². The second-order valence-electron chi connectivity index (χ2n) is 3.36. The van der Waals surface area contributed by atoms with Crippen molar-refractivity contribution in [3.8, 4) is 11.8 Å². The molecule has 0 spiro atoms. The summed E-state index contributed by atoms with van der Waals surface area (Å²) in [5.74, 6) is -0.0879. The van der Waals surface area contributed by atoms with E-state index < -0.39 is 5.97 Å². The van der Waals surface area contributed by atoms with Crippen molar-refractivity contribution in [1.82, 2.24) is 0 Å². The molecule has 1 aromatic carbocycles. The van der Waals surface area contributed by atoms with E-state index in [2.05, 4.69) is 0 Å². The molecule has 0 unspecified atom stereocenters. The van der Waals surface area contributed by atoms with E-state index in [1.165, 1.54) is 7.11 Å². The quantitative estimate of drug-likeness (QED) is 0.476. The van der Waals surface area contributed by atoms with Gasteiger partial charge in [-0.3, -0.25) is 0 Å². The first-order chi connectivity index (χ1) is 8.19. The van der Waals surface area contributed by atoms with E-state index >= 15 is 0 Å². The van der Waals surface area contributed by atoms with Crippen LogP contribution in [0.15, 0.2) is 18.2 Å². The lowest BCUT2D eigenvalue weighted by molar-refractivity contribution is 0.0498. The van der Waals surface area contributed by atoms with E-state index in [4.69, 9.17) is 20.5 Å². The Morgan fingerprint density at radius 2 is 2.29 bits per heavy atom. The van der Waals surface area contributed by atoms with E-state index in [0.717, 1.165) is 0 Å². The molecular formula is C12H14N2O3. The summed E-state index contributed by atoms with van der Waals surface area (Å²) in [5.41, 5.74) is 6.42. The first-order valence-corrected chi connectivity index (χ1v) is 5.16. The molecule has 0 fully saturated rings. The van der Waals surface area contributed by atoms with Gasteiger partial charge >= 0.3 is 5.97 Å². The third-order valence-electron chi connectivity index (χ3n) is 2.11. The molecule has 5 heteroatoms. The number of nitrogens with two attached hydrogens (primary N) is 1. The number of nitrogen functional groups attached to an aromatic ring is 1. The normalized spacial score (nSPS) is 9.41. The molecule has 5 nitrogen and oxygen atoms in total. The number of carbonyl (C=O) groups excluding carboxylic acids is 1. The highest BCUT2D eigenvalue weighted by Crippen LogP contribution is 2.22. The van der Waals surface area contributed by atoms with Crippen LogP contribution in [0.4, 0.5) is 5.69 Å². The Labute approximate surface area is 99.7 Å². The highest BCUT2D eigenvalue weighted by Gasteiger charge is 2.13.